The number of hydrogen-bond donors (Lipinski definition) is 2. The van der Waals surface area contributed by atoms with Crippen LogP contribution in [0.4, 0.5) is 15.8 Å². The Morgan fingerprint density at radius 3 is 2.76 bits per heavy atom. The number of nitrogen functional groups attached to an aromatic ring is 1. The van der Waals surface area contributed by atoms with Crippen LogP contribution in [0.25, 0.3) is 0 Å². The van der Waals surface area contributed by atoms with E-state index in [0.717, 1.165) is 5.69 Å². The minimum atomic E-state index is -0.434. The van der Waals surface area contributed by atoms with Crippen LogP contribution in [0.1, 0.15) is 11.4 Å². The van der Waals surface area contributed by atoms with Crippen molar-refractivity contribution in [2.24, 2.45) is 0 Å². The Balaban J connectivity index is 2.13. The molecule has 21 heavy (non-hydrogen) atoms. The minimum Gasteiger partial charge on any atom is -0.494 e. The molecule has 1 aromatic heterocycles. The van der Waals surface area contributed by atoms with Crippen LogP contribution in [-0.2, 0) is 11.3 Å². The number of anilines is 2. The number of carbonyl (C=O) groups excluding carboxylic acids is 1. The van der Waals surface area contributed by atoms with Gasteiger partial charge >= 0.3 is 0 Å². The third-order valence-corrected chi connectivity index (χ3v) is 3.17. The first-order chi connectivity index (χ1) is 9.92. The second-order valence-corrected chi connectivity index (χ2v) is 4.63. The monoisotopic (exact) mass is 292 g/mol. The Bertz CT molecular complexity index is 682. The highest BCUT2D eigenvalue weighted by atomic mass is 19.1. The predicted octanol–water partition coefficient (Wildman–Crippen LogP) is 1.87. The Labute approximate surface area is 121 Å². The van der Waals surface area contributed by atoms with Crippen LogP contribution in [0.5, 0.6) is 5.75 Å². The molecule has 0 atom stereocenters. The van der Waals surface area contributed by atoms with Crippen LogP contribution in [0.15, 0.2) is 18.2 Å². The van der Waals surface area contributed by atoms with Crippen molar-refractivity contribution >= 4 is 17.3 Å². The van der Waals surface area contributed by atoms with E-state index in [-0.39, 0.29) is 18.2 Å². The summed E-state index contributed by atoms with van der Waals surface area (Å²) in [5.74, 6) is -0.474. The van der Waals surface area contributed by atoms with Gasteiger partial charge < -0.3 is 15.8 Å². The van der Waals surface area contributed by atoms with Crippen molar-refractivity contribution in [3.8, 4) is 5.75 Å². The molecule has 3 N–H and O–H groups in total. The summed E-state index contributed by atoms with van der Waals surface area (Å²) in [6.07, 6.45) is 0. The van der Waals surface area contributed by atoms with Gasteiger partial charge in [0.25, 0.3) is 0 Å². The zero-order valence-corrected chi connectivity index (χ0v) is 12.1. The molecule has 0 aliphatic carbocycles. The van der Waals surface area contributed by atoms with Gasteiger partial charge in [-0.2, -0.15) is 5.10 Å². The highest BCUT2D eigenvalue weighted by Gasteiger charge is 2.13. The van der Waals surface area contributed by atoms with E-state index < -0.39 is 5.82 Å². The molecule has 0 aliphatic heterocycles. The molecule has 2 rings (SSSR count). The SMILES string of the molecule is COc1cc(F)ccc1NC(=O)Cn1nc(C)c(N)c1C. The maximum atomic E-state index is 13.1. The van der Waals surface area contributed by atoms with Gasteiger partial charge in [0.1, 0.15) is 18.1 Å². The number of aromatic nitrogens is 2. The minimum absolute atomic E-state index is 0.0183. The number of aryl methyl sites for hydroxylation is 1. The van der Waals surface area contributed by atoms with Crippen molar-refractivity contribution in [2.45, 2.75) is 20.4 Å². The largest absolute Gasteiger partial charge is 0.494 e. The highest BCUT2D eigenvalue weighted by molar-refractivity contribution is 5.92. The van der Waals surface area contributed by atoms with Gasteiger partial charge in [-0.25, -0.2) is 4.39 Å². The van der Waals surface area contributed by atoms with E-state index in [1.165, 1.54) is 30.0 Å². The van der Waals surface area contributed by atoms with Gasteiger partial charge in [-0.3, -0.25) is 9.48 Å². The lowest BCUT2D eigenvalue weighted by molar-refractivity contribution is -0.116. The quantitative estimate of drug-likeness (QED) is 0.901. The summed E-state index contributed by atoms with van der Waals surface area (Å²) in [5, 5.41) is 6.85. The Morgan fingerprint density at radius 1 is 1.48 bits per heavy atom. The van der Waals surface area contributed by atoms with Gasteiger partial charge in [-0.15, -0.1) is 0 Å². The van der Waals surface area contributed by atoms with Gasteiger partial charge in [0.2, 0.25) is 5.91 Å². The standard InChI is InChI=1S/C14H17FN4O2/c1-8-14(16)9(2)19(18-8)7-13(20)17-11-5-4-10(15)6-12(11)21-3/h4-6H,7,16H2,1-3H3,(H,17,20). The van der Waals surface area contributed by atoms with Crippen LogP contribution in [0.3, 0.4) is 0 Å². The molecule has 0 fully saturated rings. The van der Waals surface area contributed by atoms with Gasteiger partial charge in [0, 0.05) is 6.07 Å². The molecular formula is C14H17FN4O2. The van der Waals surface area contributed by atoms with E-state index in [1.54, 1.807) is 13.8 Å². The number of carbonyl (C=O) groups is 1. The average Bonchev–Trinajstić information content (AvgIpc) is 2.68. The van der Waals surface area contributed by atoms with E-state index in [9.17, 15) is 9.18 Å². The molecule has 7 heteroatoms. The third kappa shape index (κ3) is 3.13. The molecule has 2 aromatic rings. The van der Waals surface area contributed by atoms with Gasteiger partial charge in [0.15, 0.2) is 0 Å². The van der Waals surface area contributed by atoms with Gasteiger partial charge in [-0.1, -0.05) is 0 Å². The van der Waals surface area contributed by atoms with E-state index in [2.05, 4.69) is 10.4 Å². The molecule has 0 bridgehead atoms. The number of nitrogens with one attached hydrogen (secondary N) is 1. The second-order valence-electron chi connectivity index (χ2n) is 4.63. The first kappa shape index (κ1) is 14.8. The van der Waals surface area contributed by atoms with Crippen LogP contribution < -0.4 is 15.8 Å². The lowest BCUT2D eigenvalue weighted by Crippen LogP contribution is -2.20. The number of halogens is 1. The number of amides is 1. The van der Waals surface area contributed by atoms with E-state index in [0.29, 0.717) is 17.1 Å². The molecule has 0 unspecified atom stereocenters. The summed E-state index contributed by atoms with van der Waals surface area (Å²) in [7, 11) is 1.41. The molecule has 1 amide bonds. The number of nitrogens with two attached hydrogens (primary N) is 1. The van der Waals surface area contributed by atoms with Crippen molar-refractivity contribution < 1.29 is 13.9 Å². The Morgan fingerprint density at radius 2 is 2.19 bits per heavy atom. The summed E-state index contributed by atoms with van der Waals surface area (Å²) < 4.78 is 19.6. The fraction of sp³-hybridized carbons (Fsp3) is 0.286. The summed E-state index contributed by atoms with van der Waals surface area (Å²) >= 11 is 0. The smallest absolute Gasteiger partial charge is 0.246 e. The molecule has 0 saturated heterocycles. The maximum Gasteiger partial charge on any atom is 0.246 e. The van der Waals surface area contributed by atoms with E-state index >= 15 is 0 Å². The number of ether oxygens (including phenoxy) is 1. The van der Waals surface area contributed by atoms with Crippen molar-refractivity contribution in [2.75, 3.05) is 18.2 Å². The summed E-state index contributed by atoms with van der Waals surface area (Å²) in [5.41, 5.74) is 8.20. The first-order valence-corrected chi connectivity index (χ1v) is 6.35. The number of benzene rings is 1. The van der Waals surface area contributed by atoms with Crippen LogP contribution in [-0.4, -0.2) is 22.8 Å². The number of rotatable bonds is 4. The Hall–Kier alpha value is -2.57. The molecule has 6 nitrogen and oxygen atoms in total. The zero-order valence-electron chi connectivity index (χ0n) is 12.1. The third-order valence-electron chi connectivity index (χ3n) is 3.17. The van der Waals surface area contributed by atoms with Crippen molar-refractivity contribution in [1.82, 2.24) is 9.78 Å². The van der Waals surface area contributed by atoms with Crippen molar-refractivity contribution in [3.63, 3.8) is 0 Å². The molecule has 0 radical (unpaired) electrons. The molecule has 1 heterocycles. The molecule has 0 saturated carbocycles. The maximum absolute atomic E-state index is 13.1. The zero-order chi connectivity index (χ0) is 15.6. The Kier molecular flexibility index (Phi) is 4.11. The molecule has 0 aliphatic rings. The summed E-state index contributed by atoms with van der Waals surface area (Å²) in [6.45, 7) is 3.59. The van der Waals surface area contributed by atoms with Crippen LogP contribution in [0.2, 0.25) is 0 Å². The highest BCUT2D eigenvalue weighted by Crippen LogP contribution is 2.25. The normalized spacial score (nSPS) is 10.5. The number of methoxy groups -OCH3 is 1. The van der Waals surface area contributed by atoms with Gasteiger partial charge in [-0.05, 0) is 26.0 Å². The fourth-order valence-corrected chi connectivity index (χ4v) is 1.96. The molecule has 112 valence electrons. The number of hydrogen-bond acceptors (Lipinski definition) is 4. The molecule has 1 aromatic carbocycles. The van der Waals surface area contributed by atoms with Crippen molar-refractivity contribution in [1.29, 1.82) is 0 Å². The topological polar surface area (TPSA) is 82.2 Å². The van der Waals surface area contributed by atoms with Crippen LogP contribution in [0, 0.1) is 19.7 Å². The second kappa shape index (κ2) is 5.82. The molecular weight excluding hydrogens is 275 g/mol. The lowest BCUT2D eigenvalue weighted by atomic mass is 10.2. The van der Waals surface area contributed by atoms with E-state index in [1.807, 2.05) is 0 Å². The lowest BCUT2D eigenvalue weighted by Gasteiger charge is -2.10. The van der Waals surface area contributed by atoms with E-state index in [4.69, 9.17) is 10.5 Å². The average molecular weight is 292 g/mol. The number of nitrogens with zero attached hydrogens (tertiary/aromatic N) is 2. The summed E-state index contributed by atoms with van der Waals surface area (Å²) in [4.78, 5) is 12.0. The first-order valence-electron chi connectivity index (χ1n) is 6.35. The fourth-order valence-electron chi connectivity index (χ4n) is 1.96. The summed E-state index contributed by atoms with van der Waals surface area (Å²) in [6, 6.07) is 3.90. The van der Waals surface area contributed by atoms with Crippen LogP contribution >= 0.6 is 0 Å². The predicted molar refractivity (Wildman–Crippen MR) is 77.7 cm³/mol. The molecule has 0 spiro atoms. The van der Waals surface area contributed by atoms with Gasteiger partial charge in [0.05, 0.1) is 29.9 Å². The van der Waals surface area contributed by atoms with Crippen molar-refractivity contribution in [3.05, 3.63) is 35.4 Å².